The molecule has 0 aliphatic carbocycles. The molecule has 0 spiro atoms. The summed E-state index contributed by atoms with van der Waals surface area (Å²) in [6.07, 6.45) is -0.508. The quantitative estimate of drug-likeness (QED) is 0.851. The van der Waals surface area contributed by atoms with Gasteiger partial charge in [0.2, 0.25) is 5.91 Å². The summed E-state index contributed by atoms with van der Waals surface area (Å²) < 4.78 is 9.59. The van der Waals surface area contributed by atoms with Gasteiger partial charge in [-0.25, -0.2) is 4.79 Å². The van der Waals surface area contributed by atoms with Crippen LogP contribution >= 0.6 is 0 Å². The Hall–Kier alpha value is -2.24. The Kier molecular flexibility index (Phi) is 4.98. The van der Waals surface area contributed by atoms with Crippen molar-refractivity contribution in [1.29, 1.82) is 0 Å². The highest BCUT2D eigenvalue weighted by Crippen LogP contribution is 2.25. The van der Waals surface area contributed by atoms with Crippen molar-refractivity contribution in [1.82, 2.24) is 5.32 Å². The number of amides is 2. The van der Waals surface area contributed by atoms with Gasteiger partial charge < -0.3 is 20.1 Å². The summed E-state index contributed by atoms with van der Waals surface area (Å²) in [5.41, 5.74) is 1.39. The summed E-state index contributed by atoms with van der Waals surface area (Å²) in [5, 5.41) is 5.21. The first-order valence-electron chi connectivity index (χ1n) is 5.33. The van der Waals surface area contributed by atoms with Crippen LogP contribution in [0, 0.1) is 0 Å². The number of hydrogen-bond acceptors (Lipinski definition) is 4. The van der Waals surface area contributed by atoms with Crippen LogP contribution in [-0.2, 0) is 16.1 Å². The van der Waals surface area contributed by atoms with Crippen molar-refractivity contribution in [3.63, 3.8) is 0 Å². The fourth-order valence-electron chi connectivity index (χ4n) is 1.40. The van der Waals surface area contributed by atoms with Crippen LogP contribution in [0.25, 0.3) is 0 Å². The molecule has 2 N–H and O–H groups in total. The molecular formula is C12H16N2O4. The van der Waals surface area contributed by atoms with Gasteiger partial charge in [-0.1, -0.05) is 6.07 Å². The minimum atomic E-state index is -0.508. The summed E-state index contributed by atoms with van der Waals surface area (Å²) in [4.78, 5) is 22.0. The van der Waals surface area contributed by atoms with Crippen LogP contribution < -0.4 is 15.4 Å². The van der Waals surface area contributed by atoms with Gasteiger partial charge in [0.25, 0.3) is 0 Å². The molecule has 6 heteroatoms. The maximum absolute atomic E-state index is 11.0. The van der Waals surface area contributed by atoms with Crippen LogP contribution in [0.1, 0.15) is 12.5 Å². The number of benzene rings is 1. The van der Waals surface area contributed by atoms with Gasteiger partial charge in [0, 0.05) is 13.5 Å². The van der Waals surface area contributed by atoms with Crippen molar-refractivity contribution in [2.24, 2.45) is 0 Å². The summed E-state index contributed by atoms with van der Waals surface area (Å²) in [6, 6.07) is 5.25. The highest BCUT2D eigenvalue weighted by atomic mass is 16.5. The van der Waals surface area contributed by atoms with Crippen molar-refractivity contribution in [3.05, 3.63) is 23.8 Å². The molecule has 0 radical (unpaired) electrons. The molecule has 0 unspecified atom stereocenters. The van der Waals surface area contributed by atoms with Crippen LogP contribution in [0.2, 0.25) is 0 Å². The number of carbonyl (C=O) groups is 2. The molecule has 0 aliphatic rings. The molecule has 0 aromatic heterocycles. The second kappa shape index (κ2) is 6.48. The molecule has 0 saturated carbocycles. The molecule has 98 valence electrons. The highest BCUT2D eigenvalue weighted by Gasteiger charge is 2.07. The molecule has 0 bridgehead atoms. The third kappa shape index (κ3) is 3.97. The number of alkyl carbamates (subject to hydrolysis) is 1. The van der Waals surface area contributed by atoms with E-state index in [-0.39, 0.29) is 5.91 Å². The Labute approximate surface area is 105 Å². The number of ether oxygens (including phenoxy) is 2. The largest absolute Gasteiger partial charge is 0.495 e. The smallest absolute Gasteiger partial charge is 0.407 e. The van der Waals surface area contributed by atoms with Crippen molar-refractivity contribution < 1.29 is 19.1 Å². The third-order valence-corrected chi connectivity index (χ3v) is 2.20. The fraction of sp³-hybridized carbons (Fsp3) is 0.333. The minimum Gasteiger partial charge on any atom is -0.495 e. The lowest BCUT2D eigenvalue weighted by Crippen LogP contribution is -2.22. The van der Waals surface area contributed by atoms with Crippen LogP contribution in [0.3, 0.4) is 0 Å². The number of nitrogens with one attached hydrogen (secondary N) is 2. The molecule has 0 atom stereocenters. The first-order chi connectivity index (χ1) is 8.56. The molecule has 1 aromatic carbocycles. The van der Waals surface area contributed by atoms with Gasteiger partial charge in [-0.05, 0) is 17.7 Å². The maximum atomic E-state index is 11.0. The second-order valence-electron chi connectivity index (χ2n) is 3.56. The highest BCUT2D eigenvalue weighted by molar-refractivity contribution is 5.90. The molecule has 1 rings (SSSR count). The number of carbonyl (C=O) groups excluding carboxylic acids is 2. The average molecular weight is 252 g/mol. The third-order valence-electron chi connectivity index (χ3n) is 2.20. The first-order valence-corrected chi connectivity index (χ1v) is 5.33. The SMILES string of the molecule is COC(=O)NCc1ccc(OC)c(NC(C)=O)c1. The van der Waals surface area contributed by atoms with E-state index < -0.39 is 6.09 Å². The molecular weight excluding hydrogens is 236 g/mol. The number of anilines is 1. The van der Waals surface area contributed by atoms with E-state index >= 15 is 0 Å². The normalized spacial score (nSPS) is 9.50. The predicted octanol–water partition coefficient (Wildman–Crippen LogP) is 1.51. The summed E-state index contributed by atoms with van der Waals surface area (Å²) in [5.74, 6) is 0.374. The zero-order chi connectivity index (χ0) is 13.5. The Bertz CT molecular complexity index is 446. The summed E-state index contributed by atoms with van der Waals surface area (Å²) in [7, 11) is 2.82. The van der Waals surface area contributed by atoms with Gasteiger partial charge >= 0.3 is 6.09 Å². The van der Waals surface area contributed by atoms with Crippen molar-refractivity contribution >= 4 is 17.7 Å². The van der Waals surface area contributed by atoms with Crippen molar-refractivity contribution in [2.45, 2.75) is 13.5 Å². The van der Waals surface area contributed by atoms with Crippen LogP contribution in [-0.4, -0.2) is 26.2 Å². The van der Waals surface area contributed by atoms with E-state index in [4.69, 9.17) is 4.74 Å². The molecule has 0 saturated heterocycles. The van der Waals surface area contributed by atoms with Crippen LogP contribution in [0.4, 0.5) is 10.5 Å². The second-order valence-corrected chi connectivity index (χ2v) is 3.56. The predicted molar refractivity (Wildman–Crippen MR) is 66.5 cm³/mol. The topological polar surface area (TPSA) is 76.7 Å². The standard InChI is InChI=1S/C12H16N2O4/c1-8(15)14-10-6-9(4-5-11(10)17-2)7-13-12(16)18-3/h4-6H,7H2,1-3H3,(H,13,16)(H,14,15). The van der Waals surface area contributed by atoms with Gasteiger partial charge in [-0.15, -0.1) is 0 Å². The molecule has 1 aromatic rings. The van der Waals surface area contributed by atoms with Crippen LogP contribution in [0.15, 0.2) is 18.2 Å². The lowest BCUT2D eigenvalue weighted by atomic mass is 10.2. The molecule has 18 heavy (non-hydrogen) atoms. The lowest BCUT2D eigenvalue weighted by molar-refractivity contribution is -0.114. The lowest BCUT2D eigenvalue weighted by Gasteiger charge is -2.11. The first kappa shape index (κ1) is 13.8. The van der Waals surface area contributed by atoms with E-state index in [0.717, 1.165) is 5.56 Å². The molecule has 6 nitrogen and oxygen atoms in total. The molecule has 2 amide bonds. The Balaban J connectivity index is 2.81. The van der Waals surface area contributed by atoms with Crippen LogP contribution in [0.5, 0.6) is 5.75 Å². The molecule has 0 aliphatic heterocycles. The fourth-order valence-corrected chi connectivity index (χ4v) is 1.40. The van der Waals surface area contributed by atoms with Gasteiger partial charge in [-0.2, -0.15) is 0 Å². The van der Waals surface area contributed by atoms with Gasteiger partial charge in [0.15, 0.2) is 0 Å². The van der Waals surface area contributed by atoms with E-state index in [1.165, 1.54) is 21.1 Å². The summed E-state index contributed by atoms with van der Waals surface area (Å²) in [6.45, 7) is 1.72. The van der Waals surface area contributed by atoms with E-state index in [2.05, 4.69) is 15.4 Å². The average Bonchev–Trinajstić information content (AvgIpc) is 2.35. The Morgan fingerprint density at radius 3 is 2.56 bits per heavy atom. The Morgan fingerprint density at radius 1 is 1.28 bits per heavy atom. The maximum Gasteiger partial charge on any atom is 0.407 e. The summed E-state index contributed by atoms with van der Waals surface area (Å²) >= 11 is 0. The number of methoxy groups -OCH3 is 2. The van der Waals surface area contributed by atoms with Gasteiger partial charge in [-0.3, -0.25) is 4.79 Å². The minimum absolute atomic E-state index is 0.189. The van der Waals surface area contributed by atoms with E-state index in [9.17, 15) is 9.59 Å². The van der Waals surface area contributed by atoms with Gasteiger partial charge in [0.05, 0.1) is 19.9 Å². The zero-order valence-corrected chi connectivity index (χ0v) is 10.6. The molecule has 0 fully saturated rings. The zero-order valence-electron chi connectivity index (χ0n) is 10.6. The number of rotatable bonds is 4. The van der Waals surface area contributed by atoms with Gasteiger partial charge in [0.1, 0.15) is 5.75 Å². The molecule has 0 heterocycles. The van der Waals surface area contributed by atoms with E-state index in [0.29, 0.717) is 18.0 Å². The van der Waals surface area contributed by atoms with Crippen molar-refractivity contribution in [2.75, 3.05) is 19.5 Å². The van der Waals surface area contributed by atoms with E-state index in [1.807, 2.05) is 0 Å². The monoisotopic (exact) mass is 252 g/mol. The van der Waals surface area contributed by atoms with E-state index in [1.54, 1.807) is 18.2 Å². The number of hydrogen-bond donors (Lipinski definition) is 2. The van der Waals surface area contributed by atoms with Crippen molar-refractivity contribution in [3.8, 4) is 5.75 Å². The Morgan fingerprint density at radius 2 is 2.00 bits per heavy atom.